The predicted molar refractivity (Wildman–Crippen MR) is 119 cm³/mol. The summed E-state index contributed by atoms with van der Waals surface area (Å²) in [5.74, 6) is -2.89. The first kappa shape index (κ1) is 21.9. The van der Waals surface area contributed by atoms with E-state index in [0.29, 0.717) is 5.39 Å². The van der Waals surface area contributed by atoms with Crippen LogP contribution in [0.25, 0.3) is 10.8 Å². The number of pyridine rings is 1. The summed E-state index contributed by atoms with van der Waals surface area (Å²) in [6.45, 7) is -0.652. The van der Waals surface area contributed by atoms with Crippen molar-refractivity contribution in [1.29, 1.82) is 0 Å². The van der Waals surface area contributed by atoms with Crippen LogP contribution >= 0.6 is 0 Å². The molecule has 2 aromatic carbocycles. The number of rotatable bonds is 6. The molecule has 0 spiro atoms. The first-order valence-corrected chi connectivity index (χ1v) is 10.5. The second kappa shape index (κ2) is 9.47. The van der Waals surface area contributed by atoms with Gasteiger partial charge in [0.1, 0.15) is 18.3 Å². The molecule has 0 radical (unpaired) electrons. The molecule has 9 heteroatoms. The molecule has 1 aromatic heterocycles. The predicted octanol–water partition coefficient (Wildman–Crippen LogP) is 1.98. The van der Waals surface area contributed by atoms with Crippen LogP contribution in [-0.2, 0) is 20.9 Å². The maximum absolute atomic E-state index is 13.3. The van der Waals surface area contributed by atoms with E-state index < -0.39 is 36.3 Å². The Kier molecular flexibility index (Phi) is 6.30. The van der Waals surface area contributed by atoms with E-state index >= 15 is 0 Å². The van der Waals surface area contributed by atoms with Crippen molar-refractivity contribution in [3.63, 3.8) is 0 Å². The number of nitrogens with one attached hydrogen (secondary N) is 1. The molecule has 9 nitrogen and oxygen atoms in total. The number of hydrogen-bond donors (Lipinski definition) is 2. The Morgan fingerprint density at radius 3 is 2.48 bits per heavy atom. The standard InChI is InChI=1S/C24H22N4O5/c29-20-11-10-19(26-23(32)22-18-9-5-4-8-17(18)12-13-25-22)24(33)28(15-21(30)31)27(20)14-16-6-2-1-3-7-16/h1-9,12-13,19H,10-11,14-15H2,(H,26,32)(H,30,31). The summed E-state index contributed by atoms with van der Waals surface area (Å²) in [6.07, 6.45) is 1.53. The molecule has 0 saturated carbocycles. The molecule has 2 heterocycles. The maximum atomic E-state index is 13.3. The SMILES string of the molecule is O=C(O)CN1C(=O)C(NC(=O)c2nccc3ccccc23)CCC(=O)N1Cc1ccccc1. The van der Waals surface area contributed by atoms with Crippen LogP contribution in [-0.4, -0.2) is 56.4 Å². The van der Waals surface area contributed by atoms with Crippen LogP contribution in [0.15, 0.2) is 66.9 Å². The highest BCUT2D eigenvalue weighted by Gasteiger charge is 2.37. The van der Waals surface area contributed by atoms with Crippen molar-refractivity contribution in [2.45, 2.75) is 25.4 Å². The highest BCUT2D eigenvalue weighted by atomic mass is 16.4. The van der Waals surface area contributed by atoms with Crippen LogP contribution in [0, 0.1) is 0 Å². The third-order valence-corrected chi connectivity index (χ3v) is 5.43. The number of amides is 3. The molecule has 1 unspecified atom stereocenters. The Bertz CT molecular complexity index is 1210. The Morgan fingerprint density at radius 2 is 1.73 bits per heavy atom. The smallest absolute Gasteiger partial charge is 0.325 e. The maximum Gasteiger partial charge on any atom is 0.325 e. The lowest BCUT2D eigenvalue weighted by Crippen LogP contribution is -2.55. The van der Waals surface area contributed by atoms with Gasteiger partial charge in [0.05, 0.1) is 6.54 Å². The number of nitrogens with zero attached hydrogens (tertiary/aromatic N) is 3. The first-order chi connectivity index (χ1) is 15.9. The van der Waals surface area contributed by atoms with Crippen molar-refractivity contribution in [2.75, 3.05) is 6.54 Å². The van der Waals surface area contributed by atoms with Gasteiger partial charge in [0.15, 0.2) is 0 Å². The fourth-order valence-corrected chi connectivity index (χ4v) is 3.84. The van der Waals surface area contributed by atoms with Gasteiger partial charge in [-0.05, 0) is 23.4 Å². The van der Waals surface area contributed by atoms with E-state index in [0.717, 1.165) is 21.0 Å². The summed E-state index contributed by atoms with van der Waals surface area (Å²) in [6, 6.07) is 16.9. The van der Waals surface area contributed by atoms with Gasteiger partial charge in [-0.15, -0.1) is 0 Å². The number of hydrazine groups is 1. The average molecular weight is 446 g/mol. The Hall–Kier alpha value is -4.27. The quantitative estimate of drug-likeness (QED) is 0.598. The van der Waals surface area contributed by atoms with Crippen LogP contribution in [0.3, 0.4) is 0 Å². The molecule has 168 valence electrons. The van der Waals surface area contributed by atoms with Gasteiger partial charge in [0.25, 0.3) is 11.8 Å². The fourth-order valence-electron chi connectivity index (χ4n) is 3.84. The summed E-state index contributed by atoms with van der Waals surface area (Å²) in [5, 5.41) is 15.5. The number of carboxylic acid groups (broad SMARTS) is 1. The topological polar surface area (TPSA) is 120 Å². The van der Waals surface area contributed by atoms with E-state index in [1.165, 1.54) is 6.20 Å². The zero-order valence-corrected chi connectivity index (χ0v) is 17.7. The second-order valence-electron chi connectivity index (χ2n) is 7.67. The molecule has 33 heavy (non-hydrogen) atoms. The zero-order valence-electron chi connectivity index (χ0n) is 17.7. The normalized spacial score (nSPS) is 16.5. The van der Waals surface area contributed by atoms with Crippen LogP contribution in [0.4, 0.5) is 0 Å². The monoisotopic (exact) mass is 446 g/mol. The molecule has 0 aliphatic carbocycles. The van der Waals surface area contributed by atoms with Crippen LogP contribution < -0.4 is 5.32 Å². The average Bonchev–Trinajstić information content (AvgIpc) is 2.92. The van der Waals surface area contributed by atoms with E-state index in [4.69, 9.17) is 0 Å². The number of carbonyl (C=O) groups excluding carboxylic acids is 3. The molecule has 3 aromatic rings. The lowest BCUT2D eigenvalue weighted by atomic mass is 10.1. The van der Waals surface area contributed by atoms with Gasteiger partial charge >= 0.3 is 5.97 Å². The molecule has 0 bridgehead atoms. The summed E-state index contributed by atoms with van der Waals surface area (Å²) >= 11 is 0. The summed E-state index contributed by atoms with van der Waals surface area (Å²) in [4.78, 5) is 54.8. The number of carbonyl (C=O) groups is 4. The van der Waals surface area contributed by atoms with Crippen molar-refractivity contribution < 1.29 is 24.3 Å². The minimum absolute atomic E-state index is 0.0252. The van der Waals surface area contributed by atoms with Crippen LogP contribution in [0.2, 0.25) is 0 Å². The summed E-state index contributed by atoms with van der Waals surface area (Å²) < 4.78 is 0. The number of aromatic nitrogens is 1. The molecule has 3 amide bonds. The second-order valence-corrected chi connectivity index (χ2v) is 7.67. The molecule has 4 rings (SSSR count). The van der Waals surface area contributed by atoms with E-state index in [2.05, 4.69) is 10.3 Å². The van der Waals surface area contributed by atoms with Gasteiger partial charge < -0.3 is 10.4 Å². The van der Waals surface area contributed by atoms with Crippen LogP contribution in [0.5, 0.6) is 0 Å². The van der Waals surface area contributed by atoms with E-state index in [1.807, 2.05) is 18.2 Å². The number of aliphatic carboxylic acids is 1. The number of fused-ring (bicyclic) bond motifs is 1. The van der Waals surface area contributed by atoms with Crippen molar-refractivity contribution in [3.05, 3.63) is 78.1 Å². The molecular formula is C24H22N4O5. The minimum Gasteiger partial charge on any atom is -0.480 e. The Balaban J connectivity index is 1.60. The van der Waals surface area contributed by atoms with Gasteiger partial charge in [-0.3, -0.25) is 24.2 Å². The van der Waals surface area contributed by atoms with E-state index in [9.17, 15) is 24.3 Å². The fraction of sp³-hybridized carbons (Fsp3) is 0.208. The molecule has 1 atom stereocenters. The zero-order chi connectivity index (χ0) is 23.4. The number of carboxylic acids is 1. The minimum atomic E-state index is -1.27. The molecule has 1 saturated heterocycles. The van der Waals surface area contributed by atoms with Gasteiger partial charge in [-0.2, -0.15) is 0 Å². The lowest BCUT2D eigenvalue weighted by molar-refractivity contribution is -0.168. The van der Waals surface area contributed by atoms with Crippen LogP contribution in [0.1, 0.15) is 28.9 Å². The number of hydrogen-bond acceptors (Lipinski definition) is 5. The molecule has 1 aliphatic heterocycles. The highest BCUT2D eigenvalue weighted by Crippen LogP contribution is 2.20. The van der Waals surface area contributed by atoms with Crippen molar-refractivity contribution >= 4 is 34.5 Å². The van der Waals surface area contributed by atoms with Gasteiger partial charge in [0.2, 0.25) is 5.91 Å². The first-order valence-electron chi connectivity index (χ1n) is 10.5. The van der Waals surface area contributed by atoms with Gasteiger partial charge in [-0.1, -0.05) is 54.6 Å². The lowest BCUT2D eigenvalue weighted by Gasteiger charge is -2.33. The van der Waals surface area contributed by atoms with Crippen molar-refractivity contribution in [3.8, 4) is 0 Å². The highest BCUT2D eigenvalue weighted by molar-refractivity contribution is 6.06. The van der Waals surface area contributed by atoms with Gasteiger partial charge in [-0.25, -0.2) is 10.0 Å². The molecular weight excluding hydrogens is 424 g/mol. The summed E-state index contributed by atoms with van der Waals surface area (Å²) in [5.41, 5.74) is 0.902. The summed E-state index contributed by atoms with van der Waals surface area (Å²) in [7, 11) is 0. The van der Waals surface area contributed by atoms with Gasteiger partial charge in [0, 0.05) is 18.0 Å². The van der Waals surface area contributed by atoms with E-state index in [1.54, 1.807) is 42.5 Å². The molecule has 1 fully saturated rings. The van der Waals surface area contributed by atoms with Crippen molar-refractivity contribution in [2.24, 2.45) is 0 Å². The third kappa shape index (κ3) is 4.82. The van der Waals surface area contributed by atoms with E-state index in [-0.39, 0.29) is 25.1 Å². The largest absolute Gasteiger partial charge is 0.480 e. The third-order valence-electron chi connectivity index (χ3n) is 5.43. The Morgan fingerprint density at radius 1 is 1.00 bits per heavy atom. The molecule has 1 aliphatic rings. The van der Waals surface area contributed by atoms with Crippen molar-refractivity contribution in [1.82, 2.24) is 20.3 Å². The number of benzene rings is 2. The Labute approximate surface area is 189 Å². The molecule has 2 N–H and O–H groups in total.